The minimum absolute atomic E-state index is 0.0875. The fraction of sp³-hybridized carbons (Fsp3) is 0.533. The summed E-state index contributed by atoms with van der Waals surface area (Å²) >= 11 is 0. The molecule has 0 aromatic carbocycles. The van der Waals surface area contributed by atoms with E-state index in [4.69, 9.17) is 4.42 Å². The molecule has 1 atom stereocenters. The number of hydrogen-bond acceptors (Lipinski definition) is 6. The predicted molar refractivity (Wildman–Crippen MR) is 85.6 cm³/mol. The summed E-state index contributed by atoms with van der Waals surface area (Å²) in [6.45, 7) is 5.54. The van der Waals surface area contributed by atoms with Crippen LogP contribution in [-0.2, 0) is 29.1 Å². The lowest BCUT2D eigenvalue weighted by Gasteiger charge is -2.09. The second-order valence-electron chi connectivity index (χ2n) is 6.07. The molecule has 2 aromatic heterocycles. The van der Waals surface area contributed by atoms with Crippen molar-refractivity contribution in [2.45, 2.75) is 38.2 Å². The van der Waals surface area contributed by atoms with Crippen LogP contribution in [0.25, 0.3) is 0 Å². The van der Waals surface area contributed by atoms with Gasteiger partial charge in [0, 0.05) is 25.7 Å². The summed E-state index contributed by atoms with van der Waals surface area (Å²) < 4.78 is 31.8. The van der Waals surface area contributed by atoms with Crippen LogP contribution in [0.1, 0.15) is 43.4 Å². The molecule has 0 fully saturated rings. The molecule has 2 heterocycles. The van der Waals surface area contributed by atoms with Gasteiger partial charge in [-0.25, -0.2) is 8.42 Å². The average molecular weight is 339 g/mol. The number of rotatable bonds is 6. The van der Waals surface area contributed by atoms with E-state index in [0.29, 0.717) is 23.8 Å². The Morgan fingerprint density at radius 1 is 1.26 bits per heavy atom. The third kappa shape index (κ3) is 4.28. The summed E-state index contributed by atoms with van der Waals surface area (Å²) in [6.07, 6.45) is 2.15. The molecule has 0 radical (unpaired) electrons. The minimum atomic E-state index is -3.56. The largest absolute Gasteiger partial charge is 0.424 e. The normalized spacial score (nSPS) is 13.4. The maximum absolute atomic E-state index is 12.5. The molecular weight excluding hydrogens is 318 g/mol. The highest BCUT2D eigenvalue weighted by atomic mass is 32.2. The Labute approximate surface area is 135 Å². The highest BCUT2D eigenvalue weighted by molar-refractivity contribution is 7.90. The smallest absolute Gasteiger partial charge is 0.250 e. The third-order valence-electron chi connectivity index (χ3n) is 3.49. The van der Waals surface area contributed by atoms with E-state index in [1.807, 2.05) is 13.8 Å². The van der Waals surface area contributed by atoms with E-state index in [2.05, 4.69) is 10.2 Å². The quantitative estimate of drug-likeness (QED) is 0.794. The number of hydrogen-bond donors (Lipinski definition) is 0. The molecule has 0 aliphatic carbocycles. The molecule has 0 N–H and O–H groups in total. The van der Waals surface area contributed by atoms with Crippen molar-refractivity contribution in [3.05, 3.63) is 46.0 Å². The van der Waals surface area contributed by atoms with Crippen LogP contribution in [0.5, 0.6) is 0 Å². The summed E-state index contributed by atoms with van der Waals surface area (Å²) in [5.74, 6) is 0.623. The van der Waals surface area contributed by atoms with E-state index in [9.17, 15) is 13.2 Å². The van der Waals surface area contributed by atoms with Crippen molar-refractivity contribution in [2.24, 2.45) is 13.0 Å². The van der Waals surface area contributed by atoms with Crippen LogP contribution >= 0.6 is 0 Å². The maximum atomic E-state index is 12.5. The summed E-state index contributed by atoms with van der Waals surface area (Å²) in [5, 5.41) is 6.82. The van der Waals surface area contributed by atoms with Crippen LogP contribution in [0.4, 0.5) is 0 Å². The van der Waals surface area contributed by atoms with E-state index in [0.717, 1.165) is 0 Å². The topological polar surface area (TPSA) is 95.1 Å². The molecule has 1 unspecified atom stereocenters. The summed E-state index contributed by atoms with van der Waals surface area (Å²) in [5.41, 5.74) is 0.198. The molecule has 0 saturated heterocycles. The Kier molecular flexibility index (Phi) is 5.03. The third-order valence-corrected chi connectivity index (χ3v) is 5.50. The Morgan fingerprint density at radius 3 is 2.57 bits per heavy atom. The molecule has 0 saturated carbocycles. The van der Waals surface area contributed by atoms with Crippen molar-refractivity contribution < 1.29 is 12.8 Å². The van der Waals surface area contributed by atoms with Crippen molar-refractivity contribution in [1.82, 2.24) is 14.8 Å². The molecular formula is C15H21N3O4S. The van der Waals surface area contributed by atoms with E-state index in [1.165, 1.54) is 17.6 Å². The van der Waals surface area contributed by atoms with Gasteiger partial charge in [-0.15, -0.1) is 10.2 Å². The first-order valence-electron chi connectivity index (χ1n) is 7.38. The van der Waals surface area contributed by atoms with Gasteiger partial charge in [0.05, 0.1) is 5.75 Å². The second kappa shape index (κ2) is 6.66. The van der Waals surface area contributed by atoms with Crippen molar-refractivity contribution >= 4 is 9.84 Å². The van der Waals surface area contributed by atoms with Gasteiger partial charge in [-0.1, -0.05) is 13.8 Å². The first-order chi connectivity index (χ1) is 10.7. The SMILES string of the molecule is CC(C)Cc1nnc(C(C)S(=O)(=O)Cc2ccn(C)c(=O)c2)o1. The Hall–Kier alpha value is -1.96. The van der Waals surface area contributed by atoms with Gasteiger partial charge in [0.1, 0.15) is 5.25 Å². The molecule has 0 amide bonds. The number of aryl methyl sites for hydroxylation is 1. The Balaban J connectivity index is 2.19. The maximum Gasteiger partial charge on any atom is 0.250 e. The molecule has 23 heavy (non-hydrogen) atoms. The number of nitrogens with zero attached hydrogens (tertiary/aromatic N) is 3. The fourth-order valence-electron chi connectivity index (χ4n) is 2.05. The van der Waals surface area contributed by atoms with E-state index >= 15 is 0 Å². The summed E-state index contributed by atoms with van der Waals surface area (Å²) in [6, 6.07) is 2.94. The number of aromatic nitrogens is 3. The van der Waals surface area contributed by atoms with Crippen molar-refractivity contribution in [2.75, 3.05) is 0 Å². The lowest BCUT2D eigenvalue weighted by Crippen LogP contribution is -2.18. The average Bonchev–Trinajstić information content (AvgIpc) is 2.89. The van der Waals surface area contributed by atoms with Crippen LogP contribution in [-0.4, -0.2) is 23.2 Å². The van der Waals surface area contributed by atoms with E-state index in [-0.39, 0.29) is 17.2 Å². The second-order valence-corrected chi connectivity index (χ2v) is 8.39. The molecule has 0 spiro atoms. The first-order valence-corrected chi connectivity index (χ1v) is 9.10. The van der Waals surface area contributed by atoms with Crippen molar-refractivity contribution in [3.63, 3.8) is 0 Å². The predicted octanol–water partition coefficient (Wildman–Crippen LogP) is 1.64. The molecule has 7 nitrogen and oxygen atoms in total. The standard InChI is InChI=1S/C15H21N3O4S/c1-10(2)7-13-16-17-15(22-13)11(3)23(20,21)9-12-5-6-18(4)14(19)8-12/h5-6,8,10-11H,7,9H2,1-4H3. The van der Waals surface area contributed by atoms with Gasteiger partial charge in [0.25, 0.3) is 5.56 Å². The number of pyridine rings is 1. The van der Waals surface area contributed by atoms with Crippen molar-refractivity contribution in [1.29, 1.82) is 0 Å². The zero-order chi connectivity index (χ0) is 17.2. The van der Waals surface area contributed by atoms with Gasteiger partial charge >= 0.3 is 0 Å². The lowest BCUT2D eigenvalue weighted by atomic mass is 10.1. The van der Waals surface area contributed by atoms with Gasteiger partial charge in [0.2, 0.25) is 11.8 Å². The molecule has 8 heteroatoms. The minimum Gasteiger partial charge on any atom is -0.424 e. The van der Waals surface area contributed by atoms with E-state index in [1.54, 1.807) is 19.3 Å². The molecule has 0 aliphatic heterocycles. The Morgan fingerprint density at radius 2 is 1.96 bits per heavy atom. The molecule has 0 bridgehead atoms. The summed E-state index contributed by atoms with van der Waals surface area (Å²) in [4.78, 5) is 11.6. The van der Waals surface area contributed by atoms with Crippen LogP contribution in [0.15, 0.2) is 27.5 Å². The molecule has 126 valence electrons. The molecule has 2 rings (SSSR count). The highest BCUT2D eigenvalue weighted by Crippen LogP contribution is 2.24. The fourth-order valence-corrected chi connectivity index (χ4v) is 3.35. The highest BCUT2D eigenvalue weighted by Gasteiger charge is 2.28. The van der Waals surface area contributed by atoms with Gasteiger partial charge in [-0.3, -0.25) is 4.79 Å². The van der Waals surface area contributed by atoms with Gasteiger partial charge < -0.3 is 8.98 Å². The summed E-state index contributed by atoms with van der Waals surface area (Å²) in [7, 11) is -1.95. The monoisotopic (exact) mass is 339 g/mol. The lowest BCUT2D eigenvalue weighted by molar-refractivity contribution is 0.422. The number of sulfone groups is 1. The zero-order valence-electron chi connectivity index (χ0n) is 13.7. The van der Waals surface area contributed by atoms with Crippen LogP contribution < -0.4 is 5.56 Å². The Bertz CT molecular complexity index is 836. The first kappa shape index (κ1) is 17.4. The molecule has 0 aliphatic rings. The van der Waals surface area contributed by atoms with Gasteiger partial charge in [-0.2, -0.15) is 0 Å². The van der Waals surface area contributed by atoms with Crippen LogP contribution in [0, 0.1) is 5.92 Å². The zero-order valence-corrected chi connectivity index (χ0v) is 14.5. The van der Waals surface area contributed by atoms with Crippen LogP contribution in [0.2, 0.25) is 0 Å². The van der Waals surface area contributed by atoms with E-state index < -0.39 is 15.1 Å². The van der Waals surface area contributed by atoms with Crippen molar-refractivity contribution in [3.8, 4) is 0 Å². The van der Waals surface area contributed by atoms with Gasteiger partial charge in [0.15, 0.2) is 9.84 Å². The molecule has 2 aromatic rings. The van der Waals surface area contributed by atoms with Gasteiger partial charge in [-0.05, 0) is 24.5 Å². The van der Waals surface area contributed by atoms with Crippen LogP contribution in [0.3, 0.4) is 0 Å².